The van der Waals surface area contributed by atoms with Crippen LogP contribution in [0.1, 0.15) is 0 Å². The Hall–Kier alpha value is -1.49. The van der Waals surface area contributed by atoms with Crippen LogP contribution in [0.3, 0.4) is 0 Å². The van der Waals surface area contributed by atoms with Crippen molar-refractivity contribution in [3.63, 3.8) is 0 Å². The van der Waals surface area contributed by atoms with Gasteiger partial charge in [0.2, 0.25) is 0 Å². The molecule has 0 atom stereocenters. The van der Waals surface area contributed by atoms with Gasteiger partial charge in [0.15, 0.2) is 0 Å². The Morgan fingerprint density at radius 1 is 0.600 bits per heavy atom. The molecule has 0 bridgehead atoms. The third-order valence-corrected chi connectivity index (χ3v) is 7.55. The van der Waals surface area contributed by atoms with Gasteiger partial charge in [-0.25, -0.2) is 16.8 Å². The molecule has 3 aromatic rings. The number of rotatable bonds is 6. The zero-order valence-corrected chi connectivity index (χ0v) is 20.2. The highest BCUT2D eigenvalue weighted by Crippen LogP contribution is 2.27. The van der Waals surface area contributed by atoms with Gasteiger partial charge >= 0.3 is 0 Å². The lowest BCUT2D eigenvalue weighted by Gasteiger charge is -2.11. The predicted molar refractivity (Wildman–Crippen MR) is 124 cm³/mol. The van der Waals surface area contributed by atoms with E-state index in [0.29, 0.717) is 9.50 Å². The van der Waals surface area contributed by atoms with Gasteiger partial charge in [0.25, 0.3) is 20.0 Å². The summed E-state index contributed by atoms with van der Waals surface area (Å²) in [4.78, 5) is -0.183. The first kappa shape index (κ1) is 23.2. The van der Waals surface area contributed by atoms with Gasteiger partial charge in [-0.2, -0.15) is 0 Å². The van der Waals surface area contributed by atoms with Crippen LogP contribution in [0, 0.1) is 0 Å². The highest BCUT2D eigenvalue weighted by atomic mass is 79.9. The number of nitrogens with one attached hydrogen (secondary N) is 2. The summed E-state index contributed by atoms with van der Waals surface area (Å²) in [5, 5.41) is 0.694. The van der Waals surface area contributed by atoms with E-state index in [1.54, 1.807) is 12.1 Å². The van der Waals surface area contributed by atoms with Crippen molar-refractivity contribution in [2.24, 2.45) is 0 Å². The van der Waals surface area contributed by atoms with Crippen LogP contribution in [0.4, 0.5) is 11.4 Å². The second-order valence-electron chi connectivity index (χ2n) is 6.00. The van der Waals surface area contributed by atoms with E-state index in [-0.39, 0.29) is 31.2 Å². The number of halogens is 4. The first-order valence-corrected chi connectivity index (χ1v) is 12.9. The van der Waals surface area contributed by atoms with Crippen molar-refractivity contribution >= 4 is 82.2 Å². The minimum atomic E-state index is -3.97. The Balaban J connectivity index is 1.81. The molecule has 0 aliphatic carbocycles. The van der Waals surface area contributed by atoms with Crippen LogP contribution in [-0.4, -0.2) is 16.8 Å². The molecule has 12 heteroatoms. The molecule has 0 amide bonds. The lowest BCUT2D eigenvalue weighted by molar-refractivity contribution is 0.600. The van der Waals surface area contributed by atoms with Crippen LogP contribution in [0.15, 0.2) is 74.9 Å². The molecule has 0 fully saturated rings. The highest BCUT2D eigenvalue weighted by molar-refractivity contribution is 9.10. The second-order valence-corrected chi connectivity index (χ2v) is 11.6. The predicted octanol–water partition coefficient (Wildman–Crippen LogP) is 6.01. The first-order valence-electron chi connectivity index (χ1n) is 8.02. The van der Waals surface area contributed by atoms with E-state index in [0.717, 1.165) is 0 Å². The summed E-state index contributed by atoms with van der Waals surface area (Å²) in [5.74, 6) is 0. The summed E-state index contributed by atoms with van der Waals surface area (Å²) >= 11 is 20.9. The fourth-order valence-corrected chi connectivity index (χ4v) is 6.11. The van der Waals surface area contributed by atoms with Gasteiger partial charge in [-0.15, -0.1) is 0 Å². The van der Waals surface area contributed by atoms with Crippen molar-refractivity contribution < 1.29 is 16.8 Å². The molecule has 2 N–H and O–H groups in total. The van der Waals surface area contributed by atoms with E-state index in [2.05, 4.69) is 25.4 Å². The Bertz CT molecular complexity index is 1280. The van der Waals surface area contributed by atoms with Crippen molar-refractivity contribution in [3.05, 3.63) is 80.2 Å². The molecular formula is C18H12BrCl3N2O4S2. The zero-order chi connectivity index (χ0) is 22.1. The molecule has 0 heterocycles. The van der Waals surface area contributed by atoms with Gasteiger partial charge in [0.1, 0.15) is 0 Å². The van der Waals surface area contributed by atoms with Crippen LogP contribution in [-0.2, 0) is 20.0 Å². The molecule has 0 spiro atoms. The van der Waals surface area contributed by atoms with Crippen molar-refractivity contribution in [2.75, 3.05) is 9.44 Å². The van der Waals surface area contributed by atoms with Crippen molar-refractivity contribution in [2.45, 2.75) is 9.79 Å². The SMILES string of the molecule is O=S(=O)(Nc1cc(Cl)cc(Br)c1)c1ccc(NS(=O)(=O)c2cc(Cl)cc(Cl)c2)cc1. The zero-order valence-electron chi connectivity index (χ0n) is 14.7. The summed E-state index contributed by atoms with van der Waals surface area (Å²) in [6.45, 7) is 0. The molecule has 3 aromatic carbocycles. The molecule has 0 radical (unpaired) electrons. The minimum absolute atomic E-state index is 0.0626. The van der Waals surface area contributed by atoms with Crippen LogP contribution in [0.2, 0.25) is 15.1 Å². The fourth-order valence-electron chi connectivity index (χ4n) is 2.43. The molecule has 0 saturated heterocycles. The second kappa shape index (κ2) is 8.94. The summed E-state index contributed by atoms with van der Waals surface area (Å²) in [7, 11) is -7.88. The van der Waals surface area contributed by atoms with Gasteiger partial charge in [-0.1, -0.05) is 50.7 Å². The number of hydrogen-bond donors (Lipinski definition) is 2. The van der Waals surface area contributed by atoms with Crippen LogP contribution in [0.25, 0.3) is 0 Å². The Morgan fingerprint density at radius 2 is 1.10 bits per heavy atom. The number of benzene rings is 3. The third kappa shape index (κ3) is 5.81. The smallest absolute Gasteiger partial charge is 0.261 e. The number of anilines is 2. The van der Waals surface area contributed by atoms with E-state index in [1.807, 2.05) is 0 Å². The molecule has 158 valence electrons. The maximum absolute atomic E-state index is 12.6. The van der Waals surface area contributed by atoms with Crippen LogP contribution in [0.5, 0.6) is 0 Å². The molecule has 0 aliphatic heterocycles. The molecule has 0 aromatic heterocycles. The Labute approximate surface area is 197 Å². The van der Waals surface area contributed by atoms with Crippen LogP contribution >= 0.6 is 50.7 Å². The van der Waals surface area contributed by atoms with E-state index in [4.69, 9.17) is 34.8 Å². The molecule has 0 aliphatic rings. The van der Waals surface area contributed by atoms with Crippen molar-refractivity contribution in [1.82, 2.24) is 0 Å². The number of hydrogen-bond acceptors (Lipinski definition) is 4. The van der Waals surface area contributed by atoms with Gasteiger partial charge in [-0.3, -0.25) is 9.44 Å². The Morgan fingerprint density at radius 3 is 1.67 bits per heavy atom. The maximum atomic E-state index is 12.6. The van der Waals surface area contributed by atoms with Gasteiger partial charge in [0, 0.05) is 25.2 Å². The summed E-state index contributed by atoms with van der Waals surface area (Å²) in [5.41, 5.74) is 0.438. The third-order valence-electron chi connectivity index (χ3n) is 3.68. The molecule has 3 rings (SSSR count). The lowest BCUT2D eigenvalue weighted by Crippen LogP contribution is -2.14. The van der Waals surface area contributed by atoms with E-state index >= 15 is 0 Å². The monoisotopic (exact) mass is 568 g/mol. The maximum Gasteiger partial charge on any atom is 0.261 e. The van der Waals surface area contributed by atoms with Crippen LogP contribution < -0.4 is 9.44 Å². The molecule has 0 saturated carbocycles. The summed E-state index contributed by atoms with van der Waals surface area (Å²) < 4.78 is 55.6. The normalized spacial score (nSPS) is 11.9. The van der Waals surface area contributed by atoms with Crippen molar-refractivity contribution in [3.8, 4) is 0 Å². The van der Waals surface area contributed by atoms with E-state index < -0.39 is 20.0 Å². The molecule has 0 unspecified atom stereocenters. The standard InChI is InChI=1S/C18H12BrCl3N2O4S2/c19-11-5-12(20)8-16(6-11)24-29(25,26)17-3-1-15(2-4-17)23-30(27,28)18-9-13(21)7-14(22)10-18/h1-10,23-24H. The molecule has 30 heavy (non-hydrogen) atoms. The van der Waals surface area contributed by atoms with Crippen molar-refractivity contribution in [1.29, 1.82) is 0 Å². The van der Waals surface area contributed by atoms with Gasteiger partial charge in [-0.05, 0) is 60.7 Å². The average molecular weight is 571 g/mol. The van der Waals surface area contributed by atoms with Gasteiger partial charge in [0.05, 0.1) is 15.5 Å². The highest BCUT2D eigenvalue weighted by Gasteiger charge is 2.18. The van der Waals surface area contributed by atoms with E-state index in [1.165, 1.54) is 48.5 Å². The summed E-state index contributed by atoms with van der Waals surface area (Å²) in [6.07, 6.45) is 0. The van der Waals surface area contributed by atoms with E-state index in [9.17, 15) is 16.8 Å². The number of sulfonamides is 2. The minimum Gasteiger partial charge on any atom is -0.280 e. The summed E-state index contributed by atoms with van der Waals surface area (Å²) in [6, 6.07) is 13.7. The quantitative estimate of drug-likeness (QED) is 0.380. The largest absolute Gasteiger partial charge is 0.280 e. The average Bonchev–Trinajstić information content (AvgIpc) is 2.59. The Kier molecular flexibility index (Phi) is 6.91. The molecule has 6 nitrogen and oxygen atoms in total. The van der Waals surface area contributed by atoms with Gasteiger partial charge < -0.3 is 0 Å². The molecular weight excluding hydrogens is 559 g/mol. The topological polar surface area (TPSA) is 92.3 Å². The fraction of sp³-hybridized carbons (Fsp3) is 0. The lowest BCUT2D eigenvalue weighted by atomic mass is 10.3. The first-order chi connectivity index (χ1) is 13.9.